The number of benzene rings is 1. The summed E-state index contributed by atoms with van der Waals surface area (Å²) in [7, 11) is 0. The van der Waals surface area contributed by atoms with Crippen LogP contribution in [-0.2, 0) is 16.7 Å². The maximum Gasteiger partial charge on any atom is 0.231 e. The van der Waals surface area contributed by atoms with Crippen molar-refractivity contribution in [2.45, 2.75) is 31.7 Å². The Bertz CT molecular complexity index is 842. The molecule has 2 aromatic rings. The van der Waals surface area contributed by atoms with E-state index >= 15 is 0 Å². The molecule has 2 aliphatic rings. The van der Waals surface area contributed by atoms with E-state index < -0.39 is 0 Å². The molecule has 0 atom stereocenters. The number of hydrogen-bond acceptors (Lipinski definition) is 5. The van der Waals surface area contributed by atoms with Gasteiger partial charge >= 0.3 is 0 Å². The minimum Gasteiger partial charge on any atom is -0.454 e. The van der Waals surface area contributed by atoms with Gasteiger partial charge in [0.15, 0.2) is 17.5 Å². The second-order valence-corrected chi connectivity index (χ2v) is 7.33. The van der Waals surface area contributed by atoms with Crippen LogP contribution < -0.4 is 20.1 Å². The highest BCUT2D eigenvalue weighted by Crippen LogP contribution is 2.40. The third-order valence-electron chi connectivity index (χ3n) is 5.50. The number of pyridine rings is 1. The van der Waals surface area contributed by atoms with E-state index in [1.165, 1.54) is 5.56 Å². The lowest BCUT2D eigenvalue weighted by molar-refractivity contribution is 0.0513. The number of guanidine groups is 1. The van der Waals surface area contributed by atoms with Crippen LogP contribution in [0.15, 0.2) is 47.6 Å². The van der Waals surface area contributed by atoms with E-state index in [9.17, 15) is 0 Å². The monoisotopic (exact) mass is 524 g/mol. The first-order valence-electron chi connectivity index (χ1n) is 10.2. The van der Waals surface area contributed by atoms with Gasteiger partial charge in [0.05, 0.1) is 12.2 Å². The zero-order chi connectivity index (χ0) is 19.9. The maximum absolute atomic E-state index is 5.66. The number of aromatic nitrogens is 1. The van der Waals surface area contributed by atoms with E-state index in [0.717, 1.165) is 62.3 Å². The van der Waals surface area contributed by atoms with Crippen molar-refractivity contribution in [3.05, 3.63) is 53.9 Å². The van der Waals surface area contributed by atoms with E-state index in [1.807, 2.05) is 24.3 Å². The predicted octanol–water partition coefficient (Wildman–Crippen LogP) is 3.23. The van der Waals surface area contributed by atoms with Crippen LogP contribution >= 0.6 is 24.0 Å². The van der Waals surface area contributed by atoms with Crippen LogP contribution in [-0.4, -0.2) is 44.0 Å². The van der Waals surface area contributed by atoms with Gasteiger partial charge in [-0.2, -0.15) is 0 Å². The van der Waals surface area contributed by atoms with Crippen molar-refractivity contribution >= 4 is 29.9 Å². The minimum atomic E-state index is -0.0413. The third-order valence-corrected chi connectivity index (χ3v) is 5.50. The normalized spacial score (nSPS) is 17.2. The molecule has 0 bridgehead atoms. The van der Waals surface area contributed by atoms with Crippen molar-refractivity contribution in [1.82, 2.24) is 15.6 Å². The summed E-state index contributed by atoms with van der Waals surface area (Å²) in [6, 6.07) is 12.2. The summed E-state index contributed by atoms with van der Waals surface area (Å²) in [6.07, 6.45) is 3.68. The van der Waals surface area contributed by atoms with Crippen molar-refractivity contribution in [2.24, 2.45) is 4.99 Å². The van der Waals surface area contributed by atoms with E-state index in [0.29, 0.717) is 6.54 Å². The van der Waals surface area contributed by atoms with Crippen molar-refractivity contribution in [1.29, 1.82) is 0 Å². The van der Waals surface area contributed by atoms with E-state index in [-0.39, 0.29) is 36.2 Å². The minimum absolute atomic E-state index is 0. The molecule has 0 radical (unpaired) electrons. The Balaban J connectivity index is 0.00000256. The Morgan fingerprint density at radius 2 is 1.93 bits per heavy atom. The summed E-state index contributed by atoms with van der Waals surface area (Å²) in [5.41, 5.74) is 2.15. The summed E-state index contributed by atoms with van der Waals surface area (Å²) in [5.74, 6) is 2.43. The second kappa shape index (κ2) is 10.8. The lowest BCUT2D eigenvalue weighted by Crippen LogP contribution is -2.48. The molecule has 1 aromatic carbocycles. The van der Waals surface area contributed by atoms with Gasteiger partial charge in [0.25, 0.3) is 0 Å². The fourth-order valence-electron chi connectivity index (χ4n) is 3.80. The van der Waals surface area contributed by atoms with E-state index in [4.69, 9.17) is 19.2 Å². The number of nitrogens with one attached hydrogen (secondary N) is 2. The first-order valence-corrected chi connectivity index (χ1v) is 10.2. The van der Waals surface area contributed by atoms with Crippen LogP contribution in [0.4, 0.5) is 0 Å². The highest BCUT2D eigenvalue weighted by atomic mass is 127. The van der Waals surface area contributed by atoms with Gasteiger partial charge < -0.3 is 24.8 Å². The molecule has 30 heavy (non-hydrogen) atoms. The standard InChI is InChI=1S/C22H28N4O3.HI/c1-2-23-21(25-14-18-5-3-4-10-24-18)26-15-22(8-11-27-12-9-22)17-6-7-19-20(13-17)29-16-28-19;/h3-7,10,13H,2,8-9,11-12,14-16H2,1H3,(H2,23,25,26);1H. The second-order valence-electron chi connectivity index (χ2n) is 7.33. The first-order chi connectivity index (χ1) is 14.3. The number of ether oxygens (including phenoxy) is 3. The van der Waals surface area contributed by atoms with Crippen molar-refractivity contribution in [3.63, 3.8) is 0 Å². The summed E-state index contributed by atoms with van der Waals surface area (Å²) < 4.78 is 16.8. The lowest BCUT2D eigenvalue weighted by atomic mass is 9.74. The van der Waals surface area contributed by atoms with Gasteiger partial charge in [0.2, 0.25) is 6.79 Å². The molecule has 2 N–H and O–H groups in total. The van der Waals surface area contributed by atoms with Gasteiger partial charge in [-0.25, -0.2) is 4.99 Å². The van der Waals surface area contributed by atoms with Gasteiger partial charge in [0, 0.05) is 37.9 Å². The SMILES string of the molecule is CCNC(=NCc1ccccn1)NCC1(c2ccc3c(c2)OCO3)CCOCC1.I. The smallest absolute Gasteiger partial charge is 0.231 e. The number of nitrogens with zero attached hydrogens (tertiary/aromatic N) is 2. The molecule has 0 unspecified atom stereocenters. The van der Waals surface area contributed by atoms with Gasteiger partial charge in [0.1, 0.15) is 0 Å². The Morgan fingerprint density at radius 3 is 2.70 bits per heavy atom. The average molecular weight is 524 g/mol. The Morgan fingerprint density at radius 1 is 1.10 bits per heavy atom. The van der Waals surface area contributed by atoms with Crippen molar-refractivity contribution in [3.8, 4) is 11.5 Å². The Labute approximate surface area is 194 Å². The molecule has 1 aromatic heterocycles. The first kappa shape index (κ1) is 22.6. The topological polar surface area (TPSA) is 77.0 Å². The predicted molar refractivity (Wildman–Crippen MR) is 127 cm³/mol. The Hall–Kier alpha value is -2.07. The lowest BCUT2D eigenvalue weighted by Gasteiger charge is -2.38. The van der Waals surface area contributed by atoms with Crippen molar-refractivity contribution in [2.75, 3.05) is 33.1 Å². The van der Waals surface area contributed by atoms with Crippen LogP contribution in [0.2, 0.25) is 0 Å². The van der Waals surface area contributed by atoms with E-state index in [2.05, 4.69) is 34.7 Å². The van der Waals surface area contributed by atoms with Gasteiger partial charge in [-0.3, -0.25) is 4.98 Å². The third kappa shape index (κ3) is 5.34. The van der Waals surface area contributed by atoms with Crippen LogP contribution in [0, 0.1) is 0 Å². The van der Waals surface area contributed by atoms with Crippen LogP contribution in [0.5, 0.6) is 11.5 Å². The van der Waals surface area contributed by atoms with Crippen LogP contribution in [0.3, 0.4) is 0 Å². The molecular formula is C22H29IN4O3. The van der Waals surface area contributed by atoms with Crippen LogP contribution in [0.1, 0.15) is 31.0 Å². The molecule has 7 nitrogen and oxygen atoms in total. The van der Waals surface area contributed by atoms with Crippen LogP contribution in [0.25, 0.3) is 0 Å². The fraction of sp³-hybridized carbons (Fsp3) is 0.455. The molecule has 0 spiro atoms. The summed E-state index contributed by atoms with van der Waals surface area (Å²) in [5, 5.41) is 6.89. The summed E-state index contributed by atoms with van der Waals surface area (Å²) in [6.45, 7) is 5.96. The van der Waals surface area contributed by atoms with E-state index in [1.54, 1.807) is 6.20 Å². The molecule has 1 fully saturated rings. The molecule has 3 heterocycles. The quantitative estimate of drug-likeness (QED) is 0.344. The van der Waals surface area contributed by atoms with Gasteiger partial charge in [-0.05, 0) is 49.6 Å². The fourth-order valence-corrected chi connectivity index (χ4v) is 3.80. The summed E-state index contributed by atoms with van der Waals surface area (Å²) in [4.78, 5) is 9.06. The maximum atomic E-state index is 5.66. The van der Waals surface area contributed by atoms with Crippen molar-refractivity contribution < 1.29 is 14.2 Å². The zero-order valence-electron chi connectivity index (χ0n) is 17.2. The molecule has 8 heteroatoms. The molecule has 162 valence electrons. The molecule has 0 aliphatic carbocycles. The molecule has 0 saturated carbocycles. The number of fused-ring (bicyclic) bond motifs is 1. The molecule has 1 saturated heterocycles. The van der Waals surface area contributed by atoms with Gasteiger partial charge in [-0.1, -0.05) is 12.1 Å². The Kier molecular flexibility index (Phi) is 8.15. The average Bonchev–Trinajstić information content (AvgIpc) is 3.25. The molecule has 4 rings (SSSR count). The molecule has 0 amide bonds. The zero-order valence-corrected chi connectivity index (χ0v) is 19.6. The highest BCUT2D eigenvalue weighted by Gasteiger charge is 2.35. The number of aliphatic imine (C=N–C) groups is 1. The molecular weight excluding hydrogens is 495 g/mol. The largest absolute Gasteiger partial charge is 0.454 e. The summed E-state index contributed by atoms with van der Waals surface area (Å²) >= 11 is 0. The number of halogens is 1. The van der Waals surface area contributed by atoms with Gasteiger partial charge in [-0.15, -0.1) is 24.0 Å². The molecule has 2 aliphatic heterocycles. The number of rotatable bonds is 6. The highest BCUT2D eigenvalue weighted by molar-refractivity contribution is 14.0. The number of hydrogen-bond donors (Lipinski definition) is 2.